The maximum atomic E-state index is 14.1. The molecule has 0 radical (unpaired) electrons. The van der Waals surface area contributed by atoms with Gasteiger partial charge in [-0.25, -0.2) is 18.0 Å². The molecule has 33 heteroatoms. The van der Waals surface area contributed by atoms with Crippen LogP contribution in [0, 0.1) is 37.3 Å². The van der Waals surface area contributed by atoms with Crippen molar-refractivity contribution in [3.05, 3.63) is 42.0 Å². The van der Waals surface area contributed by atoms with Crippen LogP contribution < -0.4 is 4.74 Å². The van der Waals surface area contributed by atoms with Gasteiger partial charge in [-0.05, 0) is 6.92 Å². The summed E-state index contributed by atoms with van der Waals surface area (Å²) in [7, 11) is 0. The molecule has 1 aromatic rings. The minimum atomic E-state index is -8.99. The van der Waals surface area contributed by atoms with E-state index < -0.39 is 122 Å². The van der Waals surface area contributed by atoms with Gasteiger partial charge in [0, 0.05) is 0 Å². The Kier molecular flexibility index (Phi) is 11.8. The van der Waals surface area contributed by atoms with Gasteiger partial charge >= 0.3 is 77.3 Å². The fraction of sp³-hybridized carbons (Fsp3) is 0.650. The molecular weight excluding hydrogens is 825 g/mol. The fourth-order valence-electron chi connectivity index (χ4n) is 3.48. The summed E-state index contributed by atoms with van der Waals surface area (Å²) in [5.74, 6) is -78.1. The number of benzene rings is 1. The maximum absolute atomic E-state index is 14.1. The summed E-state index contributed by atoms with van der Waals surface area (Å²) in [5, 5.41) is 33.5. The second-order valence-electron chi connectivity index (χ2n) is 9.74. The van der Waals surface area contributed by atoms with Gasteiger partial charge in [-0.2, -0.15) is 79.0 Å². The molecule has 1 atom stereocenters. The predicted octanol–water partition coefficient (Wildman–Crippen LogP) is 8.56. The van der Waals surface area contributed by atoms with E-state index in [1.54, 1.807) is 0 Å². The lowest BCUT2D eigenvalue weighted by Crippen LogP contribution is -2.74. The van der Waals surface area contributed by atoms with Gasteiger partial charge in [-0.1, -0.05) is 0 Å². The number of nitro benzene ring substituents is 3. The van der Waals surface area contributed by atoms with Crippen molar-refractivity contribution in [3.8, 4) is 5.75 Å². The number of alkyl halides is 21. The number of carbonyl (C=O) groups is 1. The Hall–Kier alpha value is -4.78. The molecule has 0 amide bonds. The fourth-order valence-corrected chi connectivity index (χ4v) is 3.48. The van der Waals surface area contributed by atoms with Crippen molar-refractivity contribution >= 4 is 23.2 Å². The lowest BCUT2D eigenvalue weighted by atomic mass is 9.87. The molecule has 0 saturated heterocycles. The number of halogens is 21. The lowest BCUT2D eigenvalue weighted by molar-refractivity contribution is -0.435. The van der Waals surface area contributed by atoms with E-state index >= 15 is 0 Å². The van der Waals surface area contributed by atoms with Crippen LogP contribution >= 0.6 is 0 Å². The number of hydrogen-bond acceptors (Lipinski definition) is 9. The third-order valence-electron chi connectivity index (χ3n) is 6.40. The largest absolute Gasteiger partial charge is 0.514 e. The molecule has 0 aliphatic heterocycles. The number of ether oxygens (including phenoxy) is 2. The number of carbonyl (C=O) groups excluding carboxylic acids is 1. The van der Waals surface area contributed by atoms with E-state index in [4.69, 9.17) is 0 Å². The van der Waals surface area contributed by atoms with Crippen LogP contribution in [0.5, 0.6) is 5.75 Å². The Balaban J connectivity index is 3.59. The molecule has 0 spiro atoms. The monoisotopic (exact) mass is 833 g/mol. The van der Waals surface area contributed by atoms with Crippen molar-refractivity contribution < 1.29 is 121 Å². The molecule has 1 unspecified atom stereocenters. The van der Waals surface area contributed by atoms with Crippen molar-refractivity contribution in [1.29, 1.82) is 0 Å². The van der Waals surface area contributed by atoms with Crippen LogP contribution in [0.1, 0.15) is 5.56 Å². The molecule has 1 rings (SSSR count). The first-order chi connectivity index (χ1) is 23.2. The second kappa shape index (κ2) is 13.6. The highest BCUT2D eigenvalue weighted by atomic mass is 19.4. The van der Waals surface area contributed by atoms with Crippen LogP contribution in [0.2, 0.25) is 0 Å². The van der Waals surface area contributed by atoms with E-state index in [9.17, 15) is 127 Å². The first kappa shape index (κ1) is 46.2. The van der Waals surface area contributed by atoms with Crippen LogP contribution in [-0.4, -0.2) is 93.4 Å². The van der Waals surface area contributed by atoms with E-state index in [1.165, 1.54) is 0 Å². The van der Waals surface area contributed by atoms with Crippen LogP contribution in [0.15, 0.2) is 6.07 Å². The Bertz CT molecular complexity index is 1640. The van der Waals surface area contributed by atoms with Gasteiger partial charge in [0.25, 0.3) is 5.69 Å². The molecule has 0 aliphatic carbocycles. The van der Waals surface area contributed by atoms with Crippen LogP contribution in [0.3, 0.4) is 0 Å². The number of nitrogens with zero attached hydrogens (tertiary/aromatic N) is 3. The molecule has 0 bridgehead atoms. The predicted molar refractivity (Wildman–Crippen MR) is 119 cm³/mol. The summed E-state index contributed by atoms with van der Waals surface area (Å²) in [4.78, 5) is 40.0. The maximum Gasteiger partial charge on any atom is 0.514 e. The zero-order valence-corrected chi connectivity index (χ0v) is 23.9. The van der Waals surface area contributed by atoms with Crippen LogP contribution in [0.25, 0.3) is 0 Å². The SMILES string of the molecule is Cc1c([N+](=O)[O-])cc(OC(=O)OCC(F)(F)C(F)(F)C(F)(F)C(F)(F)C(F)C(F)(F)C(F)(F)C(F)(F)C(F)(F)C(F)(F)C(F)F)c([N+](=O)[O-])c1[N+](=O)[O-]. The van der Waals surface area contributed by atoms with Gasteiger partial charge in [-0.15, -0.1) is 0 Å². The van der Waals surface area contributed by atoms with Gasteiger partial charge in [0.2, 0.25) is 11.9 Å². The molecule has 53 heavy (non-hydrogen) atoms. The molecule has 0 saturated carbocycles. The summed E-state index contributed by atoms with van der Waals surface area (Å²) < 4.78 is 291. The van der Waals surface area contributed by atoms with E-state index in [0.29, 0.717) is 6.92 Å². The molecule has 1 aromatic carbocycles. The molecule has 0 aliphatic rings. The van der Waals surface area contributed by atoms with Crippen molar-refractivity contribution in [1.82, 2.24) is 0 Å². The molecule has 0 N–H and O–H groups in total. The Labute approximate surface area is 272 Å². The molecule has 12 nitrogen and oxygen atoms in total. The van der Waals surface area contributed by atoms with Crippen molar-refractivity contribution in [2.24, 2.45) is 0 Å². The van der Waals surface area contributed by atoms with Gasteiger partial charge < -0.3 is 9.47 Å². The first-order valence-electron chi connectivity index (χ1n) is 12.0. The van der Waals surface area contributed by atoms with Crippen molar-refractivity contribution in [3.63, 3.8) is 0 Å². The smallest absolute Gasteiger partial charge is 0.427 e. The number of hydrogen-bond donors (Lipinski definition) is 0. The number of rotatable bonds is 16. The standard InChI is InChI=1S/C20H8F21N3O9/c1-4-5(42(46)47)2-6(8(44(50)51)7(4)43(48)49)53-11(45)52-3-12(24,25)16(32,33)17(34,35)13(26,27)9(21)14(28,29)18(36,37)20(40,41)19(38,39)15(30,31)10(22)23/h2,9-10H,3H2,1H3. The third-order valence-corrected chi connectivity index (χ3v) is 6.40. The lowest BCUT2D eigenvalue weighted by Gasteiger charge is -2.43. The minimum absolute atomic E-state index is 0.269. The molecule has 0 fully saturated rings. The highest BCUT2D eigenvalue weighted by Crippen LogP contribution is 2.62. The molecule has 0 aromatic heterocycles. The Morgan fingerprint density at radius 1 is 0.623 bits per heavy atom. The van der Waals surface area contributed by atoms with Gasteiger partial charge in [0.1, 0.15) is 5.56 Å². The quantitative estimate of drug-likeness (QED) is 0.0522. The normalized spacial score (nSPS) is 14.9. The summed E-state index contributed by atoms with van der Waals surface area (Å²) >= 11 is 0. The zero-order valence-electron chi connectivity index (χ0n) is 23.9. The molecule has 0 heterocycles. The van der Waals surface area contributed by atoms with E-state index in [2.05, 4.69) is 9.47 Å². The van der Waals surface area contributed by atoms with E-state index in [-0.39, 0.29) is 6.07 Å². The van der Waals surface area contributed by atoms with Crippen LogP contribution in [0.4, 0.5) is 114 Å². The second-order valence-corrected chi connectivity index (χ2v) is 9.74. The molecule has 304 valence electrons. The minimum Gasteiger partial charge on any atom is -0.427 e. The summed E-state index contributed by atoms with van der Waals surface area (Å²) in [6.07, 6.45) is -16.9. The van der Waals surface area contributed by atoms with Crippen molar-refractivity contribution in [2.45, 2.75) is 72.8 Å². The zero-order chi connectivity index (χ0) is 42.7. The highest BCUT2D eigenvalue weighted by molar-refractivity contribution is 5.75. The van der Waals surface area contributed by atoms with Gasteiger partial charge in [-0.3, -0.25) is 30.3 Å². The average Bonchev–Trinajstić information content (AvgIpc) is 2.98. The van der Waals surface area contributed by atoms with Gasteiger partial charge in [0.05, 0.1) is 20.8 Å². The van der Waals surface area contributed by atoms with Crippen LogP contribution in [-0.2, 0) is 4.74 Å². The summed E-state index contributed by atoms with van der Waals surface area (Å²) in [5.41, 5.74) is -6.71. The third kappa shape index (κ3) is 6.91. The van der Waals surface area contributed by atoms with Crippen molar-refractivity contribution in [2.75, 3.05) is 6.61 Å². The van der Waals surface area contributed by atoms with E-state index in [0.717, 1.165) is 0 Å². The summed E-state index contributed by atoms with van der Waals surface area (Å²) in [6, 6.07) is -0.269. The number of nitro groups is 3. The average molecular weight is 833 g/mol. The Morgan fingerprint density at radius 2 is 1.00 bits per heavy atom. The molecular formula is C20H8F21N3O9. The highest BCUT2D eigenvalue weighted by Gasteiger charge is 2.92. The first-order valence-corrected chi connectivity index (χ1v) is 12.0. The van der Waals surface area contributed by atoms with Gasteiger partial charge in [0.15, 0.2) is 6.61 Å². The summed E-state index contributed by atoms with van der Waals surface area (Å²) in [6.45, 7) is -3.43. The topological polar surface area (TPSA) is 165 Å². The van der Waals surface area contributed by atoms with E-state index in [1.807, 2.05) is 0 Å². The Morgan fingerprint density at radius 3 is 1.36 bits per heavy atom.